The topological polar surface area (TPSA) is 78.6 Å². The molecule has 0 aliphatic rings. The van der Waals surface area contributed by atoms with Gasteiger partial charge >= 0.3 is 5.97 Å². The van der Waals surface area contributed by atoms with Crippen LogP contribution < -0.4 is 10.5 Å². The molecule has 0 aliphatic carbocycles. The van der Waals surface area contributed by atoms with Gasteiger partial charge in [-0.05, 0) is 18.2 Å². The van der Waals surface area contributed by atoms with Gasteiger partial charge in [-0.1, -0.05) is 66.7 Å². The van der Waals surface area contributed by atoms with Gasteiger partial charge in [0.05, 0.1) is 5.56 Å². The van der Waals surface area contributed by atoms with Gasteiger partial charge in [-0.3, -0.25) is 4.79 Å². The van der Waals surface area contributed by atoms with E-state index >= 15 is 0 Å². The Labute approximate surface area is 157 Å². The molecule has 5 nitrogen and oxygen atoms in total. The molecule has 3 aromatic rings. The van der Waals surface area contributed by atoms with Crippen molar-refractivity contribution in [2.45, 2.75) is 12.7 Å². The fraction of sp³-hybridized carbons (Fsp3) is 0.0909. The number of carbonyl (C=O) groups is 2. The summed E-state index contributed by atoms with van der Waals surface area (Å²) in [6.07, 6.45) is -1.15. The molecule has 0 radical (unpaired) electrons. The van der Waals surface area contributed by atoms with Crippen LogP contribution in [0, 0.1) is 0 Å². The van der Waals surface area contributed by atoms with E-state index in [1.54, 1.807) is 48.5 Å². The number of carbonyl (C=O) groups excluding carboxylic acids is 2. The summed E-state index contributed by atoms with van der Waals surface area (Å²) in [5.74, 6) is -0.664. The number of amides is 1. The maximum absolute atomic E-state index is 12.7. The fourth-order valence-electron chi connectivity index (χ4n) is 2.61. The van der Waals surface area contributed by atoms with Gasteiger partial charge in [-0.2, -0.15) is 0 Å². The molecule has 0 saturated heterocycles. The van der Waals surface area contributed by atoms with Gasteiger partial charge in [0.1, 0.15) is 12.4 Å². The minimum Gasteiger partial charge on any atom is -0.489 e. The Morgan fingerprint density at radius 3 is 2.07 bits per heavy atom. The standard InChI is InChI=1S/C22H19NO4/c23-21(24)20(16-9-3-1-4-10-16)27-22(25)19-14-8-7-11-17(19)15-26-18-12-5-2-6-13-18/h1-14,20H,15H2,(H2,23,24)/t20-/m0/s1. The molecule has 0 unspecified atom stereocenters. The largest absolute Gasteiger partial charge is 0.489 e. The first kappa shape index (κ1) is 18.2. The molecule has 0 spiro atoms. The van der Waals surface area contributed by atoms with Crippen LogP contribution in [0.5, 0.6) is 5.75 Å². The Bertz CT molecular complexity index is 910. The van der Waals surface area contributed by atoms with Crippen molar-refractivity contribution >= 4 is 11.9 Å². The second-order valence-corrected chi connectivity index (χ2v) is 5.86. The molecule has 3 rings (SSSR count). The van der Waals surface area contributed by atoms with E-state index in [4.69, 9.17) is 15.2 Å². The van der Waals surface area contributed by atoms with E-state index in [1.807, 2.05) is 36.4 Å². The van der Waals surface area contributed by atoms with Crippen LogP contribution in [-0.2, 0) is 16.1 Å². The lowest BCUT2D eigenvalue weighted by molar-refractivity contribution is -0.127. The second-order valence-electron chi connectivity index (χ2n) is 5.86. The highest BCUT2D eigenvalue weighted by Gasteiger charge is 2.24. The van der Waals surface area contributed by atoms with Crippen LogP contribution in [0.15, 0.2) is 84.9 Å². The summed E-state index contributed by atoms with van der Waals surface area (Å²) >= 11 is 0. The number of hydrogen-bond donors (Lipinski definition) is 1. The molecular formula is C22H19NO4. The summed E-state index contributed by atoms with van der Waals surface area (Å²) in [5.41, 5.74) is 6.94. The highest BCUT2D eigenvalue weighted by Crippen LogP contribution is 2.21. The van der Waals surface area contributed by atoms with Crippen molar-refractivity contribution in [1.82, 2.24) is 0 Å². The van der Waals surface area contributed by atoms with Gasteiger partial charge in [-0.15, -0.1) is 0 Å². The average Bonchev–Trinajstić information content (AvgIpc) is 2.71. The van der Waals surface area contributed by atoms with E-state index in [-0.39, 0.29) is 6.61 Å². The molecule has 1 atom stereocenters. The SMILES string of the molecule is NC(=O)[C@@H](OC(=O)c1ccccc1COc1ccccc1)c1ccccc1. The summed E-state index contributed by atoms with van der Waals surface area (Å²) in [6, 6.07) is 24.9. The number of ether oxygens (including phenoxy) is 2. The summed E-state index contributed by atoms with van der Waals surface area (Å²) < 4.78 is 11.1. The Balaban J connectivity index is 1.77. The minimum absolute atomic E-state index is 0.196. The maximum Gasteiger partial charge on any atom is 0.339 e. The number of nitrogens with two attached hydrogens (primary N) is 1. The third-order valence-corrected chi connectivity index (χ3v) is 3.96. The van der Waals surface area contributed by atoms with E-state index in [1.165, 1.54) is 0 Å². The monoisotopic (exact) mass is 361 g/mol. The molecule has 0 aliphatic heterocycles. The molecule has 5 heteroatoms. The van der Waals surface area contributed by atoms with Gasteiger partial charge in [0.15, 0.2) is 0 Å². The van der Waals surface area contributed by atoms with Crippen LogP contribution in [0.25, 0.3) is 0 Å². The van der Waals surface area contributed by atoms with Crippen LogP contribution in [-0.4, -0.2) is 11.9 Å². The molecule has 136 valence electrons. The van der Waals surface area contributed by atoms with E-state index in [2.05, 4.69) is 0 Å². The number of hydrogen-bond acceptors (Lipinski definition) is 4. The van der Waals surface area contributed by atoms with Crippen molar-refractivity contribution in [1.29, 1.82) is 0 Å². The predicted octanol–water partition coefficient (Wildman–Crippen LogP) is 3.65. The lowest BCUT2D eigenvalue weighted by atomic mass is 10.1. The first-order valence-corrected chi connectivity index (χ1v) is 8.46. The maximum atomic E-state index is 12.7. The molecule has 0 bridgehead atoms. The van der Waals surface area contributed by atoms with Crippen LogP contribution in [0.4, 0.5) is 0 Å². The molecule has 27 heavy (non-hydrogen) atoms. The van der Waals surface area contributed by atoms with E-state index in [0.717, 1.165) is 0 Å². The smallest absolute Gasteiger partial charge is 0.339 e. The number of esters is 1. The van der Waals surface area contributed by atoms with Crippen LogP contribution in [0.2, 0.25) is 0 Å². The Hall–Kier alpha value is -3.60. The Morgan fingerprint density at radius 2 is 1.41 bits per heavy atom. The lowest BCUT2D eigenvalue weighted by Crippen LogP contribution is -2.26. The minimum atomic E-state index is -1.15. The van der Waals surface area contributed by atoms with Gasteiger partial charge in [0.25, 0.3) is 5.91 Å². The molecule has 0 saturated carbocycles. The Morgan fingerprint density at radius 1 is 0.815 bits per heavy atom. The summed E-state index contributed by atoms with van der Waals surface area (Å²) in [7, 11) is 0. The van der Waals surface area contributed by atoms with Gasteiger partial charge in [0, 0.05) is 11.1 Å². The summed E-state index contributed by atoms with van der Waals surface area (Å²) in [5, 5.41) is 0. The third kappa shape index (κ3) is 4.73. The predicted molar refractivity (Wildman–Crippen MR) is 101 cm³/mol. The highest BCUT2D eigenvalue weighted by atomic mass is 16.5. The zero-order valence-electron chi connectivity index (χ0n) is 14.6. The zero-order valence-corrected chi connectivity index (χ0v) is 14.6. The number of para-hydroxylation sites is 1. The van der Waals surface area contributed by atoms with Crippen LogP contribution in [0.3, 0.4) is 0 Å². The second kappa shape index (κ2) is 8.67. The molecule has 0 aromatic heterocycles. The van der Waals surface area contributed by atoms with Crippen molar-refractivity contribution in [2.24, 2.45) is 5.73 Å². The van der Waals surface area contributed by atoms with Gasteiger partial charge in [-0.25, -0.2) is 4.79 Å². The van der Waals surface area contributed by atoms with E-state index in [0.29, 0.717) is 22.4 Å². The van der Waals surface area contributed by atoms with Crippen molar-refractivity contribution in [3.05, 3.63) is 102 Å². The fourth-order valence-corrected chi connectivity index (χ4v) is 2.61. The molecule has 0 fully saturated rings. The van der Waals surface area contributed by atoms with Crippen molar-refractivity contribution in [2.75, 3.05) is 0 Å². The third-order valence-electron chi connectivity index (χ3n) is 3.96. The first-order chi connectivity index (χ1) is 13.1. The highest BCUT2D eigenvalue weighted by molar-refractivity contribution is 5.93. The van der Waals surface area contributed by atoms with E-state index in [9.17, 15) is 9.59 Å². The summed E-state index contributed by atoms with van der Waals surface area (Å²) in [6.45, 7) is 0.196. The number of primary amides is 1. The van der Waals surface area contributed by atoms with Crippen LogP contribution in [0.1, 0.15) is 27.6 Å². The molecule has 3 aromatic carbocycles. The van der Waals surface area contributed by atoms with Gasteiger partial charge < -0.3 is 15.2 Å². The zero-order chi connectivity index (χ0) is 19.1. The van der Waals surface area contributed by atoms with Crippen molar-refractivity contribution in [3.8, 4) is 5.75 Å². The van der Waals surface area contributed by atoms with E-state index < -0.39 is 18.0 Å². The Kier molecular flexibility index (Phi) is 5.84. The van der Waals surface area contributed by atoms with Crippen molar-refractivity contribution < 1.29 is 19.1 Å². The average molecular weight is 361 g/mol. The molecule has 1 amide bonds. The number of rotatable bonds is 7. The quantitative estimate of drug-likeness (QED) is 0.652. The van der Waals surface area contributed by atoms with Crippen LogP contribution >= 0.6 is 0 Å². The first-order valence-electron chi connectivity index (χ1n) is 8.46. The molecule has 0 heterocycles. The molecular weight excluding hydrogens is 342 g/mol. The number of benzene rings is 3. The normalized spacial score (nSPS) is 11.4. The van der Waals surface area contributed by atoms with Crippen molar-refractivity contribution in [3.63, 3.8) is 0 Å². The summed E-state index contributed by atoms with van der Waals surface area (Å²) in [4.78, 5) is 24.5. The van der Waals surface area contributed by atoms with Gasteiger partial charge in [0.2, 0.25) is 6.10 Å². The molecule has 2 N–H and O–H groups in total. The lowest BCUT2D eigenvalue weighted by Gasteiger charge is -2.16.